The molecule has 0 bridgehead atoms. The molecule has 5 heteroatoms. The summed E-state index contributed by atoms with van der Waals surface area (Å²) in [5, 5.41) is 6.44. The average Bonchev–Trinajstić information content (AvgIpc) is 2.77. The molecule has 18 heavy (non-hydrogen) atoms. The third kappa shape index (κ3) is 3.16. The van der Waals surface area contributed by atoms with Crippen LogP contribution in [0.1, 0.15) is 29.2 Å². The van der Waals surface area contributed by atoms with Crippen molar-refractivity contribution in [3.05, 3.63) is 50.1 Å². The quantitative estimate of drug-likeness (QED) is 0.909. The lowest BCUT2D eigenvalue weighted by atomic mass is 10.2. The monoisotopic (exact) mass is 328 g/mol. The Hall–Kier alpha value is -0.780. The number of rotatable bonds is 4. The van der Waals surface area contributed by atoms with Gasteiger partial charge >= 0.3 is 0 Å². The van der Waals surface area contributed by atoms with Crippen molar-refractivity contribution in [3.8, 4) is 0 Å². The minimum Gasteiger partial charge on any atom is -0.304 e. The van der Waals surface area contributed by atoms with Crippen LogP contribution in [0.5, 0.6) is 0 Å². The molecule has 96 valence electrons. The molecule has 2 nitrogen and oxygen atoms in total. The number of nitrogens with zero attached hydrogens (tertiary/aromatic N) is 1. The molecule has 1 unspecified atom stereocenters. The minimum absolute atomic E-state index is 0.166. The molecule has 0 fully saturated rings. The zero-order valence-corrected chi connectivity index (χ0v) is 12.6. The second-order valence-corrected chi connectivity index (χ2v) is 5.83. The fourth-order valence-electron chi connectivity index (χ4n) is 1.61. The van der Waals surface area contributed by atoms with Gasteiger partial charge in [0.25, 0.3) is 0 Å². The molecule has 0 aliphatic rings. The van der Waals surface area contributed by atoms with Crippen molar-refractivity contribution in [2.24, 2.45) is 0 Å². The van der Waals surface area contributed by atoms with Crippen LogP contribution in [0.3, 0.4) is 0 Å². The van der Waals surface area contributed by atoms with E-state index in [1.54, 1.807) is 17.4 Å². The molecule has 0 aliphatic carbocycles. The van der Waals surface area contributed by atoms with E-state index in [1.165, 1.54) is 6.07 Å². The Morgan fingerprint density at radius 3 is 2.94 bits per heavy atom. The zero-order chi connectivity index (χ0) is 13.1. The number of hydrogen-bond donors (Lipinski definition) is 1. The van der Waals surface area contributed by atoms with E-state index in [2.05, 4.69) is 33.2 Å². The molecule has 2 rings (SSSR count). The molecule has 0 saturated carbocycles. The van der Waals surface area contributed by atoms with Crippen LogP contribution in [0.4, 0.5) is 4.39 Å². The third-order valence-electron chi connectivity index (χ3n) is 2.64. The first-order valence-electron chi connectivity index (χ1n) is 5.66. The Morgan fingerprint density at radius 1 is 1.50 bits per heavy atom. The lowest BCUT2D eigenvalue weighted by Gasteiger charge is -2.12. The van der Waals surface area contributed by atoms with Crippen molar-refractivity contribution < 1.29 is 4.39 Å². The van der Waals surface area contributed by atoms with E-state index < -0.39 is 0 Å². The summed E-state index contributed by atoms with van der Waals surface area (Å²) >= 11 is 4.90. The van der Waals surface area contributed by atoms with Gasteiger partial charge in [-0.15, -0.1) is 11.3 Å². The molecule has 1 heterocycles. The number of nitrogens with one attached hydrogen (secondary N) is 1. The molecule has 0 saturated heterocycles. The van der Waals surface area contributed by atoms with Gasteiger partial charge in [-0.2, -0.15) is 0 Å². The predicted molar refractivity (Wildman–Crippen MR) is 76.2 cm³/mol. The summed E-state index contributed by atoms with van der Waals surface area (Å²) in [7, 11) is 0. The average molecular weight is 329 g/mol. The summed E-state index contributed by atoms with van der Waals surface area (Å²) in [6.07, 6.45) is 0. The van der Waals surface area contributed by atoms with Crippen molar-refractivity contribution in [1.29, 1.82) is 0 Å². The van der Waals surface area contributed by atoms with Gasteiger partial charge in [0.15, 0.2) is 0 Å². The number of benzene rings is 1. The molecular formula is C13H14BrFN2S. The Bertz CT molecular complexity index is 542. The Labute approximate surface area is 118 Å². The van der Waals surface area contributed by atoms with E-state index in [0.717, 1.165) is 16.3 Å². The highest BCUT2D eigenvalue weighted by atomic mass is 79.9. The highest BCUT2D eigenvalue weighted by molar-refractivity contribution is 9.10. The van der Waals surface area contributed by atoms with E-state index in [1.807, 2.05) is 18.4 Å². The van der Waals surface area contributed by atoms with Gasteiger partial charge < -0.3 is 5.32 Å². The van der Waals surface area contributed by atoms with Gasteiger partial charge in [0.1, 0.15) is 10.8 Å². The van der Waals surface area contributed by atoms with Crippen LogP contribution in [0, 0.1) is 12.7 Å². The lowest BCUT2D eigenvalue weighted by molar-refractivity contribution is 0.563. The SMILES string of the molecule is Cc1csc(C(C)NCc2cccc(F)c2Br)n1. The van der Waals surface area contributed by atoms with E-state index in [-0.39, 0.29) is 11.9 Å². The molecular weight excluding hydrogens is 315 g/mol. The molecule has 1 aromatic carbocycles. The summed E-state index contributed by atoms with van der Waals surface area (Å²) in [4.78, 5) is 4.43. The van der Waals surface area contributed by atoms with E-state index in [4.69, 9.17) is 0 Å². The van der Waals surface area contributed by atoms with Crippen LogP contribution >= 0.6 is 27.3 Å². The van der Waals surface area contributed by atoms with Gasteiger partial charge in [-0.1, -0.05) is 12.1 Å². The Kier molecular flexibility index (Phi) is 4.48. The summed E-state index contributed by atoms with van der Waals surface area (Å²) in [6, 6.07) is 5.23. The molecule has 0 radical (unpaired) electrons. The number of halogens is 2. The third-order valence-corrected chi connectivity index (χ3v) is 4.67. The summed E-state index contributed by atoms with van der Waals surface area (Å²) in [5.41, 5.74) is 1.95. The van der Waals surface area contributed by atoms with Gasteiger partial charge in [0.05, 0.1) is 10.5 Å². The van der Waals surface area contributed by atoms with Crippen LogP contribution in [-0.4, -0.2) is 4.98 Å². The smallest absolute Gasteiger partial charge is 0.137 e. The van der Waals surface area contributed by atoms with Gasteiger partial charge in [0.2, 0.25) is 0 Å². The van der Waals surface area contributed by atoms with E-state index in [9.17, 15) is 4.39 Å². The maximum atomic E-state index is 13.3. The fraction of sp³-hybridized carbons (Fsp3) is 0.308. The first-order valence-corrected chi connectivity index (χ1v) is 7.33. The molecule has 1 N–H and O–H groups in total. The molecule has 0 spiro atoms. The summed E-state index contributed by atoms with van der Waals surface area (Å²) in [6.45, 7) is 4.65. The van der Waals surface area contributed by atoms with Crippen LogP contribution in [0.15, 0.2) is 28.1 Å². The largest absolute Gasteiger partial charge is 0.304 e. The van der Waals surface area contributed by atoms with Crippen molar-refractivity contribution in [3.63, 3.8) is 0 Å². The maximum Gasteiger partial charge on any atom is 0.137 e. The molecule has 0 aliphatic heterocycles. The van der Waals surface area contributed by atoms with Gasteiger partial charge in [-0.25, -0.2) is 9.37 Å². The second kappa shape index (κ2) is 5.91. The van der Waals surface area contributed by atoms with Crippen LogP contribution in [0.25, 0.3) is 0 Å². The summed E-state index contributed by atoms with van der Waals surface area (Å²) in [5.74, 6) is -0.230. The van der Waals surface area contributed by atoms with Gasteiger partial charge in [-0.3, -0.25) is 0 Å². The second-order valence-electron chi connectivity index (χ2n) is 4.14. The zero-order valence-electron chi connectivity index (χ0n) is 10.2. The Morgan fingerprint density at radius 2 is 2.28 bits per heavy atom. The highest BCUT2D eigenvalue weighted by Gasteiger charge is 2.10. The van der Waals surface area contributed by atoms with E-state index >= 15 is 0 Å². The standard InChI is InChI=1S/C13H14BrFN2S/c1-8-7-18-13(17-8)9(2)16-6-10-4-3-5-11(15)12(10)14/h3-5,7,9,16H,6H2,1-2H3. The van der Waals surface area contributed by atoms with Crippen molar-refractivity contribution in [2.45, 2.75) is 26.4 Å². The molecule has 0 amide bonds. The number of aryl methyl sites for hydroxylation is 1. The number of thiazole rings is 1. The predicted octanol–water partition coefficient (Wildman–Crippen LogP) is 4.20. The number of aromatic nitrogens is 1. The first-order chi connectivity index (χ1) is 8.58. The van der Waals surface area contributed by atoms with Gasteiger partial charge in [-0.05, 0) is 41.4 Å². The Balaban J connectivity index is 2.01. The first kappa shape index (κ1) is 13.6. The fourth-order valence-corrected chi connectivity index (χ4v) is 2.84. The molecule has 1 aromatic heterocycles. The van der Waals surface area contributed by atoms with Crippen LogP contribution < -0.4 is 5.32 Å². The topological polar surface area (TPSA) is 24.9 Å². The normalized spacial score (nSPS) is 12.7. The maximum absolute atomic E-state index is 13.3. The van der Waals surface area contributed by atoms with Crippen molar-refractivity contribution in [1.82, 2.24) is 10.3 Å². The van der Waals surface area contributed by atoms with Crippen LogP contribution in [0.2, 0.25) is 0 Å². The molecule has 1 atom stereocenters. The molecule has 2 aromatic rings. The van der Waals surface area contributed by atoms with Crippen LogP contribution in [-0.2, 0) is 6.54 Å². The lowest BCUT2D eigenvalue weighted by Crippen LogP contribution is -2.18. The van der Waals surface area contributed by atoms with E-state index in [0.29, 0.717) is 11.0 Å². The summed E-state index contributed by atoms with van der Waals surface area (Å²) < 4.78 is 13.9. The van der Waals surface area contributed by atoms with Crippen molar-refractivity contribution >= 4 is 27.3 Å². The number of hydrogen-bond acceptors (Lipinski definition) is 3. The minimum atomic E-state index is -0.230. The highest BCUT2D eigenvalue weighted by Crippen LogP contribution is 2.22. The van der Waals surface area contributed by atoms with Gasteiger partial charge in [0, 0.05) is 17.6 Å². The van der Waals surface area contributed by atoms with Crippen molar-refractivity contribution in [2.75, 3.05) is 0 Å².